The van der Waals surface area contributed by atoms with E-state index in [1.807, 2.05) is 0 Å². The third kappa shape index (κ3) is 23.0. The number of imidazole rings is 1. The molecule has 25 nitrogen and oxygen atoms in total. The Kier molecular flexibility index (Phi) is 26.8. The quantitative estimate of drug-likeness (QED) is 0.0322. The van der Waals surface area contributed by atoms with Crippen molar-refractivity contribution in [1.29, 1.82) is 0 Å². The number of amides is 2. The summed E-state index contributed by atoms with van der Waals surface area (Å²) in [5, 5.41) is 36.5. The number of thioether (sulfide) groups is 1. The van der Waals surface area contributed by atoms with Gasteiger partial charge in [-0.3, -0.25) is 28.1 Å². The van der Waals surface area contributed by atoms with Crippen molar-refractivity contribution in [1.82, 2.24) is 30.2 Å². The van der Waals surface area contributed by atoms with Gasteiger partial charge in [-0.25, -0.2) is 19.3 Å². The zero-order valence-electron chi connectivity index (χ0n) is 39.7. The average molecular weight is 1070 g/mol. The van der Waals surface area contributed by atoms with Crippen LogP contribution in [0.1, 0.15) is 130 Å². The Bertz CT molecular complexity index is 2120. The number of aromatic nitrogens is 4. The summed E-state index contributed by atoms with van der Waals surface area (Å²) in [6, 6.07) is 0. The number of hydrogen-bond donors (Lipinski definition) is 6. The molecule has 0 aromatic carbocycles. The average Bonchev–Trinajstić information content (AvgIpc) is 3.84. The number of carbonyl (C=O) groups is 3. The third-order valence-corrected chi connectivity index (χ3v) is 14.9. The largest absolute Gasteiger partial charge is 0.790 e. The lowest BCUT2D eigenvalue weighted by atomic mass is 9.87. The van der Waals surface area contributed by atoms with Crippen LogP contribution in [0.2, 0.25) is 0 Å². The van der Waals surface area contributed by atoms with Crippen LogP contribution in [0.4, 0.5) is 5.82 Å². The van der Waals surface area contributed by atoms with Crippen molar-refractivity contribution in [2.24, 2.45) is 5.41 Å². The summed E-state index contributed by atoms with van der Waals surface area (Å²) in [6.07, 6.45) is 11.9. The number of unbranched alkanes of at least 4 members (excludes halogenated alkanes) is 11. The summed E-state index contributed by atoms with van der Waals surface area (Å²) < 4.78 is 60.8. The van der Waals surface area contributed by atoms with Crippen LogP contribution < -0.4 is 35.9 Å². The Morgan fingerprint density at radius 2 is 1.54 bits per heavy atom. The number of rotatable bonds is 36. The molecule has 0 aliphatic carbocycles. The van der Waals surface area contributed by atoms with Crippen LogP contribution >= 0.6 is 35.2 Å². The molecule has 70 heavy (non-hydrogen) atoms. The van der Waals surface area contributed by atoms with Crippen LogP contribution in [0, 0.1) is 5.41 Å². The zero-order valence-corrected chi connectivity index (χ0v) is 43.2. The highest BCUT2D eigenvalue weighted by molar-refractivity contribution is 8.13. The van der Waals surface area contributed by atoms with E-state index in [4.69, 9.17) is 10.5 Å². The molecule has 1 saturated heterocycles. The molecule has 8 atom stereocenters. The fourth-order valence-electron chi connectivity index (χ4n) is 7.08. The summed E-state index contributed by atoms with van der Waals surface area (Å²) >= 11 is 0.986. The summed E-state index contributed by atoms with van der Waals surface area (Å²) in [7, 11) is -17.6. The van der Waals surface area contributed by atoms with Crippen LogP contribution in [0.15, 0.2) is 24.8 Å². The van der Waals surface area contributed by atoms with Gasteiger partial charge in [0.15, 0.2) is 22.8 Å². The second kappa shape index (κ2) is 30.5. The van der Waals surface area contributed by atoms with E-state index in [2.05, 4.69) is 62.5 Å². The van der Waals surface area contributed by atoms with Crippen molar-refractivity contribution >= 4 is 69.1 Å². The molecule has 0 saturated carbocycles. The van der Waals surface area contributed by atoms with Crippen molar-refractivity contribution in [3.63, 3.8) is 0 Å². The molecule has 1 aliphatic heterocycles. The zero-order chi connectivity index (χ0) is 52.0. The van der Waals surface area contributed by atoms with Gasteiger partial charge in [-0.2, -0.15) is 0 Å². The van der Waals surface area contributed by atoms with E-state index >= 15 is 0 Å². The van der Waals surface area contributed by atoms with E-state index in [1.165, 1.54) is 65.2 Å². The van der Waals surface area contributed by atoms with Gasteiger partial charge in [0.25, 0.3) is 15.6 Å². The van der Waals surface area contributed by atoms with Gasteiger partial charge in [-0.1, -0.05) is 102 Å². The molecule has 0 bridgehead atoms. The van der Waals surface area contributed by atoms with Crippen LogP contribution in [-0.2, 0) is 50.7 Å². The third-order valence-electron chi connectivity index (χ3n) is 10.9. The highest BCUT2D eigenvalue weighted by atomic mass is 32.2. The van der Waals surface area contributed by atoms with Crippen LogP contribution in [0.5, 0.6) is 0 Å². The maximum absolute atomic E-state index is 12.7. The van der Waals surface area contributed by atoms with Crippen molar-refractivity contribution in [3.8, 4) is 0 Å². The number of allylic oxidation sites excluding steroid dienone is 2. The highest BCUT2D eigenvalue weighted by Gasteiger charge is 2.47. The fraction of sp³-hybridized carbons (Fsp3) is 0.756. The molecule has 29 heteroatoms. The minimum Gasteiger partial charge on any atom is -0.790 e. The second-order valence-corrected chi connectivity index (χ2v) is 22.7. The first-order valence-electron chi connectivity index (χ1n) is 23.3. The Morgan fingerprint density at radius 3 is 2.20 bits per heavy atom. The number of ether oxygens (including phenoxy) is 1. The van der Waals surface area contributed by atoms with Gasteiger partial charge >= 0.3 is 0 Å². The maximum Gasteiger partial charge on any atom is 0.274 e. The van der Waals surface area contributed by atoms with Crippen molar-refractivity contribution in [3.05, 3.63) is 24.8 Å². The number of aliphatic hydroxyl groups is 3. The Hall–Kier alpha value is -2.74. The number of anilines is 1. The lowest BCUT2D eigenvalue weighted by Gasteiger charge is -2.36. The predicted molar refractivity (Wildman–Crippen MR) is 248 cm³/mol. The molecule has 1 aliphatic rings. The molecule has 1 fully saturated rings. The van der Waals surface area contributed by atoms with Gasteiger partial charge in [0.05, 0.1) is 33.5 Å². The number of nitrogens with one attached hydrogen (secondary N) is 2. The maximum atomic E-state index is 12.7. The molecule has 2 unspecified atom stereocenters. The van der Waals surface area contributed by atoms with E-state index in [9.17, 15) is 63.0 Å². The van der Waals surface area contributed by atoms with Crippen molar-refractivity contribution in [2.45, 2.75) is 160 Å². The SMILES string of the molecule is CCCCCC/C=C\CCCCCCCCC[C@@H](O)CC(=O)SCCNC(=O)CCNC(=O)[C@H](O)C(C)(C)COP(=O)([O-])OP(=O)([O-])OC[C@H]1O[C@@H](n2cnc3c(N)ncnc32)[C@H](O)[C@@H]1OP(=O)([O-])[O-]. The number of phosphoric acid groups is 3. The molecule has 7 N–H and O–H groups in total. The topological polar surface area (TPSA) is 395 Å². The molecule has 3 heterocycles. The van der Waals surface area contributed by atoms with E-state index in [0.717, 1.165) is 61.1 Å². The smallest absolute Gasteiger partial charge is 0.274 e. The number of fused-ring (bicyclic) bond motifs is 1. The monoisotopic (exact) mass is 1070 g/mol. The summed E-state index contributed by atoms with van der Waals surface area (Å²) in [5.74, 6) is -1.33. The van der Waals surface area contributed by atoms with E-state index < -0.39 is 90.7 Å². The van der Waals surface area contributed by atoms with Crippen LogP contribution in [-0.4, -0.2) is 114 Å². The molecule has 2 aromatic rings. The number of hydrogen-bond acceptors (Lipinski definition) is 23. The minimum absolute atomic E-state index is 0.0110. The number of carbonyl (C=O) groups excluding carboxylic acids is 3. The van der Waals surface area contributed by atoms with Crippen molar-refractivity contribution < 1.29 is 85.6 Å². The van der Waals surface area contributed by atoms with Gasteiger partial charge in [-0.05, 0) is 32.1 Å². The first-order chi connectivity index (χ1) is 32.9. The summed E-state index contributed by atoms with van der Waals surface area (Å²) in [5.41, 5.74) is 4.06. The standard InChI is InChI=1S/C41H72N7O18P3S/c1-4-5-6-7-8-9-10-11-12-13-14-15-16-17-18-19-29(49)24-32(51)70-23-22-43-31(50)20-21-44-39(54)36(53)41(2,3)26-63-69(60,61)66-68(58,59)62-25-30-35(65-67(55,56)57)34(52)40(64-30)48-28-47-33-37(42)45-27-46-38(33)48/h9-10,27-30,34-36,40,49,52-53H,4-8,11-26H2,1-3H3,(H,43,50)(H,44,54)(H,58,59)(H,60,61)(H2,42,45,46)(H2,55,56,57)/p-4/b10-9-/t29-,30-,34-,35-,36+,40-/m1/s1. The Labute approximate surface area is 411 Å². The summed E-state index contributed by atoms with van der Waals surface area (Å²) in [6.45, 7) is 2.22. The number of nitrogens with two attached hydrogens (primary N) is 1. The lowest BCUT2D eigenvalue weighted by Crippen LogP contribution is -2.46. The number of nitrogen functional groups attached to an aromatic ring is 1. The molecule has 2 amide bonds. The second-order valence-electron chi connectivity index (χ2n) is 17.4. The number of phosphoric ester groups is 3. The first kappa shape index (κ1) is 61.6. The molecule has 0 radical (unpaired) electrons. The van der Waals surface area contributed by atoms with E-state index in [1.54, 1.807) is 0 Å². The molecule has 0 spiro atoms. The van der Waals surface area contributed by atoms with Crippen LogP contribution in [0.25, 0.3) is 11.2 Å². The van der Waals surface area contributed by atoms with Gasteiger partial charge in [0.2, 0.25) is 11.8 Å². The fourth-order valence-corrected chi connectivity index (χ4v) is 10.6. The minimum atomic E-state index is -5.93. The lowest BCUT2D eigenvalue weighted by molar-refractivity contribution is -0.347. The highest BCUT2D eigenvalue weighted by Crippen LogP contribution is 2.56. The van der Waals surface area contributed by atoms with Crippen LogP contribution in [0.3, 0.4) is 0 Å². The van der Waals surface area contributed by atoms with E-state index in [0.29, 0.717) is 6.42 Å². The van der Waals surface area contributed by atoms with E-state index in [-0.39, 0.29) is 53.8 Å². The van der Waals surface area contributed by atoms with Gasteiger partial charge in [-0.15, -0.1) is 0 Å². The molecule has 400 valence electrons. The molecular formula is C41H68N7O18P3S-4. The first-order valence-corrected chi connectivity index (χ1v) is 28.6. The Morgan fingerprint density at radius 1 is 0.914 bits per heavy atom. The number of nitrogens with zero attached hydrogens (tertiary/aromatic N) is 4. The van der Waals surface area contributed by atoms with Gasteiger partial charge in [0.1, 0.15) is 36.3 Å². The van der Waals surface area contributed by atoms with Gasteiger partial charge in [0, 0.05) is 37.1 Å². The predicted octanol–water partition coefficient (Wildman–Crippen LogP) is 1.93. The summed E-state index contributed by atoms with van der Waals surface area (Å²) in [4.78, 5) is 97.0. The number of aliphatic hydroxyl groups excluding tert-OH is 3. The van der Waals surface area contributed by atoms with Crippen molar-refractivity contribution in [2.75, 3.05) is 37.8 Å². The normalized spacial score (nSPS) is 20.3. The molecular weight excluding hydrogens is 1000 g/mol. The van der Waals surface area contributed by atoms with Gasteiger partial charge < -0.3 is 74.1 Å². The Balaban J connectivity index is 1.29. The molecule has 2 aromatic heterocycles. The molecule has 3 rings (SSSR count).